The summed E-state index contributed by atoms with van der Waals surface area (Å²) >= 11 is 0. The third kappa shape index (κ3) is 4.13. The number of nitrogens with zero attached hydrogens (tertiary/aromatic N) is 4. The van der Waals surface area contributed by atoms with Crippen LogP contribution in [0.5, 0.6) is 0 Å². The number of oxazole rings is 1. The number of hydrogen-bond acceptors (Lipinski definition) is 6. The molecule has 2 N–H and O–H groups in total. The summed E-state index contributed by atoms with van der Waals surface area (Å²) in [7, 11) is 1.70. The first-order chi connectivity index (χ1) is 15.7. The molecule has 1 aromatic carbocycles. The second-order valence-electron chi connectivity index (χ2n) is 8.34. The Labute approximate surface area is 186 Å². The SMILES string of the molecule is COCCN1C[C@@H](NC(=O)Nc2c3c(nn2-c2ccccc2)CCC3)[C@H](c2cnco2)C1. The highest BCUT2D eigenvalue weighted by Gasteiger charge is 2.37. The number of anilines is 1. The van der Waals surface area contributed by atoms with Gasteiger partial charge in [0, 0.05) is 32.3 Å². The molecule has 0 bridgehead atoms. The van der Waals surface area contributed by atoms with E-state index in [-0.39, 0.29) is 18.0 Å². The van der Waals surface area contributed by atoms with Crippen molar-refractivity contribution < 1.29 is 13.9 Å². The normalized spacial score (nSPS) is 20.4. The maximum atomic E-state index is 13.1. The van der Waals surface area contributed by atoms with E-state index in [2.05, 4.69) is 20.5 Å². The Morgan fingerprint density at radius 3 is 2.91 bits per heavy atom. The van der Waals surface area contributed by atoms with Crippen molar-refractivity contribution in [2.24, 2.45) is 0 Å². The lowest BCUT2D eigenvalue weighted by Gasteiger charge is -2.19. The molecular formula is C23H28N6O3. The lowest BCUT2D eigenvalue weighted by molar-refractivity contribution is 0.159. The van der Waals surface area contributed by atoms with Gasteiger partial charge < -0.3 is 14.5 Å². The van der Waals surface area contributed by atoms with E-state index in [1.807, 2.05) is 35.0 Å². The zero-order chi connectivity index (χ0) is 21.9. The average Bonchev–Trinajstić information content (AvgIpc) is 3.59. The van der Waals surface area contributed by atoms with E-state index in [1.54, 1.807) is 13.3 Å². The summed E-state index contributed by atoms with van der Waals surface area (Å²) in [5, 5.41) is 11.0. The predicted molar refractivity (Wildman–Crippen MR) is 119 cm³/mol. The number of para-hydroxylation sites is 1. The molecule has 3 aromatic rings. The molecule has 1 fully saturated rings. The number of ether oxygens (including phenoxy) is 1. The van der Waals surface area contributed by atoms with Gasteiger partial charge in [-0.05, 0) is 31.4 Å². The molecule has 0 unspecified atom stereocenters. The number of aryl methyl sites for hydroxylation is 1. The minimum Gasteiger partial charge on any atom is -0.448 e. The van der Waals surface area contributed by atoms with Crippen molar-refractivity contribution in [2.45, 2.75) is 31.2 Å². The van der Waals surface area contributed by atoms with Crippen molar-refractivity contribution >= 4 is 11.8 Å². The molecule has 1 saturated heterocycles. The third-order valence-electron chi connectivity index (χ3n) is 6.28. The maximum Gasteiger partial charge on any atom is 0.320 e. The Morgan fingerprint density at radius 2 is 2.12 bits per heavy atom. The van der Waals surface area contributed by atoms with Gasteiger partial charge in [0.25, 0.3) is 0 Å². The Balaban J connectivity index is 1.34. The van der Waals surface area contributed by atoms with E-state index >= 15 is 0 Å². The summed E-state index contributed by atoms with van der Waals surface area (Å²) in [6, 6.07) is 9.58. The van der Waals surface area contributed by atoms with E-state index in [4.69, 9.17) is 14.3 Å². The summed E-state index contributed by atoms with van der Waals surface area (Å²) in [5.74, 6) is 1.57. The van der Waals surface area contributed by atoms with Gasteiger partial charge in [0.15, 0.2) is 6.39 Å². The number of methoxy groups -OCH3 is 1. The predicted octanol–water partition coefficient (Wildman–Crippen LogP) is 2.58. The Kier molecular flexibility index (Phi) is 5.91. The number of aromatic nitrogens is 3. The molecule has 2 aromatic heterocycles. The Morgan fingerprint density at radius 1 is 1.25 bits per heavy atom. The smallest absolute Gasteiger partial charge is 0.320 e. The van der Waals surface area contributed by atoms with Gasteiger partial charge >= 0.3 is 6.03 Å². The number of carbonyl (C=O) groups is 1. The van der Waals surface area contributed by atoms with Crippen LogP contribution in [0.15, 0.2) is 47.3 Å². The van der Waals surface area contributed by atoms with Gasteiger partial charge in [-0.2, -0.15) is 5.10 Å². The van der Waals surface area contributed by atoms with Crippen LogP contribution in [0, 0.1) is 0 Å². The molecule has 3 heterocycles. The summed E-state index contributed by atoms with van der Waals surface area (Å²) in [5.41, 5.74) is 3.13. The van der Waals surface area contributed by atoms with Crippen LogP contribution in [0.4, 0.5) is 10.6 Å². The topological polar surface area (TPSA) is 97.5 Å². The highest BCUT2D eigenvalue weighted by molar-refractivity contribution is 5.90. The monoisotopic (exact) mass is 436 g/mol. The molecule has 2 amide bonds. The van der Waals surface area contributed by atoms with Crippen molar-refractivity contribution in [3.63, 3.8) is 0 Å². The zero-order valence-electron chi connectivity index (χ0n) is 18.2. The van der Waals surface area contributed by atoms with Gasteiger partial charge in [-0.1, -0.05) is 18.2 Å². The van der Waals surface area contributed by atoms with Gasteiger partial charge in [-0.3, -0.25) is 10.2 Å². The minimum absolute atomic E-state index is 0.0323. The van der Waals surface area contributed by atoms with Crippen molar-refractivity contribution in [1.29, 1.82) is 0 Å². The number of rotatable bonds is 7. The Bertz CT molecular complexity index is 1050. The fourth-order valence-corrected chi connectivity index (χ4v) is 4.72. The number of fused-ring (bicyclic) bond motifs is 1. The van der Waals surface area contributed by atoms with Crippen molar-refractivity contribution in [2.75, 3.05) is 38.7 Å². The highest BCUT2D eigenvalue weighted by Crippen LogP contribution is 2.31. The first-order valence-electron chi connectivity index (χ1n) is 11.1. The van der Waals surface area contributed by atoms with E-state index in [0.717, 1.165) is 67.4 Å². The molecule has 1 aliphatic carbocycles. The molecule has 0 spiro atoms. The lowest BCUT2D eigenvalue weighted by Crippen LogP contribution is -2.42. The molecule has 168 valence electrons. The van der Waals surface area contributed by atoms with Gasteiger partial charge in [0.05, 0.1) is 36.1 Å². The molecule has 2 aliphatic rings. The molecular weight excluding hydrogens is 408 g/mol. The second-order valence-corrected chi connectivity index (χ2v) is 8.34. The summed E-state index contributed by atoms with van der Waals surface area (Å²) < 4.78 is 12.6. The van der Waals surface area contributed by atoms with Crippen LogP contribution in [-0.4, -0.2) is 65.1 Å². The van der Waals surface area contributed by atoms with Gasteiger partial charge in [-0.25, -0.2) is 14.5 Å². The third-order valence-corrected chi connectivity index (χ3v) is 6.28. The van der Waals surface area contributed by atoms with Crippen molar-refractivity contribution in [3.8, 4) is 5.69 Å². The number of urea groups is 1. The van der Waals surface area contributed by atoms with Crippen LogP contribution in [0.3, 0.4) is 0 Å². The number of amides is 2. The minimum atomic E-state index is -0.236. The summed E-state index contributed by atoms with van der Waals surface area (Å²) in [6.07, 6.45) is 6.09. The fourth-order valence-electron chi connectivity index (χ4n) is 4.72. The van der Waals surface area contributed by atoms with Crippen LogP contribution in [0.2, 0.25) is 0 Å². The van der Waals surface area contributed by atoms with E-state index in [1.165, 1.54) is 6.39 Å². The number of benzene rings is 1. The molecule has 1 aliphatic heterocycles. The largest absolute Gasteiger partial charge is 0.448 e. The summed E-state index contributed by atoms with van der Waals surface area (Å²) in [6.45, 7) is 2.94. The molecule has 9 nitrogen and oxygen atoms in total. The van der Waals surface area contributed by atoms with E-state index in [0.29, 0.717) is 6.61 Å². The number of likely N-dealkylation sites (tertiary alicyclic amines) is 1. The fraction of sp³-hybridized carbons (Fsp3) is 0.435. The molecule has 5 rings (SSSR count). The molecule has 32 heavy (non-hydrogen) atoms. The van der Waals surface area contributed by atoms with Crippen LogP contribution in [0.1, 0.15) is 29.4 Å². The molecule has 2 atom stereocenters. The van der Waals surface area contributed by atoms with Gasteiger partial charge in [0.1, 0.15) is 11.6 Å². The van der Waals surface area contributed by atoms with E-state index in [9.17, 15) is 4.79 Å². The maximum absolute atomic E-state index is 13.1. The number of hydrogen-bond donors (Lipinski definition) is 2. The van der Waals surface area contributed by atoms with Crippen LogP contribution in [0.25, 0.3) is 5.69 Å². The zero-order valence-corrected chi connectivity index (χ0v) is 18.2. The van der Waals surface area contributed by atoms with Crippen LogP contribution >= 0.6 is 0 Å². The van der Waals surface area contributed by atoms with Crippen molar-refractivity contribution in [3.05, 3.63) is 59.9 Å². The average molecular weight is 437 g/mol. The first-order valence-corrected chi connectivity index (χ1v) is 11.1. The van der Waals surface area contributed by atoms with Crippen LogP contribution in [-0.2, 0) is 17.6 Å². The molecule has 0 saturated carbocycles. The number of nitrogens with one attached hydrogen (secondary N) is 2. The number of carbonyl (C=O) groups excluding carboxylic acids is 1. The Hall–Kier alpha value is -3.17. The first kappa shape index (κ1) is 20.7. The molecule has 0 radical (unpaired) electrons. The van der Waals surface area contributed by atoms with Gasteiger partial charge in [-0.15, -0.1) is 0 Å². The van der Waals surface area contributed by atoms with Gasteiger partial charge in [0.2, 0.25) is 0 Å². The van der Waals surface area contributed by atoms with E-state index < -0.39 is 0 Å². The van der Waals surface area contributed by atoms with Crippen molar-refractivity contribution in [1.82, 2.24) is 25.0 Å². The molecule has 9 heteroatoms. The highest BCUT2D eigenvalue weighted by atomic mass is 16.5. The summed E-state index contributed by atoms with van der Waals surface area (Å²) in [4.78, 5) is 19.5. The quantitative estimate of drug-likeness (QED) is 0.591. The standard InChI is InChI=1S/C23H28N6O3/c1-31-11-10-28-13-18(21-12-24-15-32-21)20(14-28)25-23(30)26-22-17-8-5-9-19(17)27-29(22)16-6-3-2-4-7-16/h2-4,6-7,12,15,18,20H,5,8-11,13-14H2,1H3,(H2,25,26,30)/t18-,20-/m1/s1. The second kappa shape index (κ2) is 9.13. The lowest BCUT2D eigenvalue weighted by atomic mass is 10.0. The van der Waals surface area contributed by atoms with Crippen LogP contribution < -0.4 is 10.6 Å².